The minimum absolute atomic E-state index is 0.132. The van der Waals surface area contributed by atoms with Crippen LogP contribution in [0.4, 0.5) is 0 Å². The Kier molecular flexibility index (Phi) is 4.92. The number of amides is 1. The molecule has 0 fully saturated rings. The third-order valence-electron chi connectivity index (χ3n) is 4.03. The van der Waals surface area contributed by atoms with Gasteiger partial charge in [-0.15, -0.1) is 0 Å². The molecule has 25 heavy (non-hydrogen) atoms. The lowest BCUT2D eigenvalue weighted by Gasteiger charge is -2.07. The molecule has 1 aromatic carbocycles. The van der Waals surface area contributed by atoms with Gasteiger partial charge in [0.2, 0.25) is 5.91 Å². The Hall–Kier alpha value is -2.96. The zero-order chi connectivity index (χ0) is 17.8. The summed E-state index contributed by atoms with van der Waals surface area (Å²) in [7, 11) is 0. The Labute approximate surface area is 144 Å². The summed E-state index contributed by atoms with van der Waals surface area (Å²) >= 11 is 0. The van der Waals surface area contributed by atoms with Crippen molar-refractivity contribution in [3.05, 3.63) is 57.7 Å². The molecule has 0 aliphatic heterocycles. The fourth-order valence-corrected chi connectivity index (χ4v) is 2.81. The lowest BCUT2D eigenvalue weighted by atomic mass is 10.1. The summed E-state index contributed by atoms with van der Waals surface area (Å²) in [5.74, 6) is 0.302. The SMILES string of the molecule is Cc1nn(CC(=O)NCCCc2ccccc2)c(=O)c2noc(C)c12. The molecule has 3 aromatic rings. The van der Waals surface area contributed by atoms with Gasteiger partial charge in [-0.1, -0.05) is 35.5 Å². The first-order valence-corrected chi connectivity index (χ1v) is 8.20. The van der Waals surface area contributed by atoms with Crippen LogP contribution in [0.1, 0.15) is 23.4 Å². The van der Waals surface area contributed by atoms with Crippen LogP contribution in [-0.4, -0.2) is 27.4 Å². The van der Waals surface area contributed by atoms with Crippen LogP contribution in [-0.2, 0) is 17.8 Å². The smallest absolute Gasteiger partial charge is 0.297 e. The lowest BCUT2D eigenvalue weighted by Crippen LogP contribution is -2.34. The highest BCUT2D eigenvalue weighted by Gasteiger charge is 2.16. The van der Waals surface area contributed by atoms with Gasteiger partial charge in [0, 0.05) is 6.54 Å². The van der Waals surface area contributed by atoms with Crippen molar-refractivity contribution >= 4 is 16.8 Å². The second kappa shape index (κ2) is 7.29. The Morgan fingerprint density at radius 1 is 1.24 bits per heavy atom. The van der Waals surface area contributed by atoms with E-state index in [1.165, 1.54) is 5.56 Å². The van der Waals surface area contributed by atoms with Gasteiger partial charge in [-0.2, -0.15) is 5.10 Å². The van der Waals surface area contributed by atoms with E-state index < -0.39 is 5.56 Å². The number of aryl methyl sites for hydroxylation is 3. The van der Waals surface area contributed by atoms with E-state index in [0.29, 0.717) is 23.4 Å². The molecule has 0 unspecified atom stereocenters. The van der Waals surface area contributed by atoms with Crippen LogP contribution in [0.25, 0.3) is 10.9 Å². The molecule has 2 heterocycles. The summed E-state index contributed by atoms with van der Waals surface area (Å²) in [4.78, 5) is 24.4. The molecule has 3 rings (SSSR count). The second-order valence-electron chi connectivity index (χ2n) is 5.95. The van der Waals surface area contributed by atoms with Gasteiger partial charge in [-0.25, -0.2) is 4.68 Å². The minimum Gasteiger partial charge on any atom is -0.360 e. The number of benzene rings is 1. The van der Waals surface area contributed by atoms with E-state index in [1.807, 2.05) is 18.2 Å². The van der Waals surface area contributed by atoms with Gasteiger partial charge in [0.1, 0.15) is 12.3 Å². The van der Waals surface area contributed by atoms with E-state index in [0.717, 1.165) is 17.5 Å². The topological polar surface area (TPSA) is 90.0 Å². The normalized spacial score (nSPS) is 11.0. The molecule has 0 radical (unpaired) electrons. The lowest BCUT2D eigenvalue weighted by molar-refractivity contribution is -0.121. The fraction of sp³-hybridized carbons (Fsp3) is 0.333. The molecular formula is C18H20N4O3. The number of aromatic nitrogens is 3. The van der Waals surface area contributed by atoms with Gasteiger partial charge >= 0.3 is 0 Å². The van der Waals surface area contributed by atoms with Crippen molar-refractivity contribution < 1.29 is 9.32 Å². The van der Waals surface area contributed by atoms with Crippen molar-refractivity contribution in [3.8, 4) is 0 Å². The maximum Gasteiger partial charge on any atom is 0.297 e. The molecule has 0 bridgehead atoms. The van der Waals surface area contributed by atoms with Crippen molar-refractivity contribution in [1.82, 2.24) is 20.3 Å². The Morgan fingerprint density at radius 2 is 2.00 bits per heavy atom. The summed E-state index contributed by atoms with van der Waals surface area (Å²) in [6.45, 7) is 3.91. The number of nitrogens with one attached hydrogen (secondary N) is 1. The van der Waals surface area contributed by atoms with Crippen LogP contribution < -0.4 is 10.9 Å². The molecule has 7 nitrogen and oxygen atoms in total. The molecule has 0 aliphatic carbocycles. The highest BCUT2D eigenvalue weighted by molar-refractivity contribution is 5.82. The monoisotopic (exact) mass is 340 g/mol. The van der Waals surface area contributed by atoms with Crippen LogP contribution in [0.2, 0.25) is 0 Å². The van der Waals surface area contributed by atoms with Crippen LogP contribution in [0.15, 0.2) is 39.6 Å². The predicted molar refractivity (Wildman–Crippen MR) is 93.3 cm³/mol. The van der Waals surface area contributed by atoms with Crippen molar-refractivity contribution in [2.24, 2.45) is 0 Å². The van der Waals surface area contributed by atoms with Crippen molar-refractivity contribution in [2.45, 2.75) is 33.2 Å². The number of hydrogen-bond donors (Lipinski definition) is 1. The molecule has 0 atom stereocenters. The molecule has 0 saturated heterocycles. The van der Waals surface area contributed by atoms with E-state index in [1.54, 1.807) is 13.8 Å². The Bertz CT molecular complexity index is 944. The molecule has 7 heteroatoms. The first-order valence-electron chi connectivity index (χ1n) is 8.20. The van der Waals surface area contributed by atoms with Gasteiger partial charge in [0.15, 0.2) is 5.52 Å². The summed E-state index contributed by atoms with van der Waals surface area (Å²) < 4.78 is 6.19. The molecule has 1 N–H and O–H groups in total. The summed E-state index contributed by atoms with van der Waals surface area (Å²) in [5, 5.41) is 11.4. The molecular weight excluding hydrogens is 320 g/mol. The molecule has 0 saturated carbocycles. The largest absolute Gasteiger partial charge is 0.360 e. The van der Waals surface area contributed by atoms with Crippen LogP contribution >= 0.6 is 0 Å². The fourth-order valence-electron chi connectivity index (χ4n) is 2.81. The third-order valence-corrected chi connectivity index (χ3v) is 4.03. The zero-order valence-electron chi connectivity index (χ0n) is 14.3. The quantitative estimate of drug-likeness (QED) is 0.691. The Morgan fingerprint density at radius 3 is 2.76 bits per heavy atom. The maximum atomic E-state index is 12.3. The van der Waals surface area contributed by atoms with Gasteiger partial charge in [0.25, 0.3) is 5.56 Å². The van der Waals surface area contributed by atoms with Crippen molar-refractivity contribution in [2.75, 3.05) is 6.54 Å². The van der Waals surface area contributed by atoms with E-state index in [4.69, 9.17) is 4.52 Å². The van der Waals surface area contributed by atoms with Crippen LogP contribution in [0, 0.1) is 13.8 Å². The van der Waals surface area contributed by atoms with Crippen molar-refractivity contribution in [3.63, 3.8) is 0 Å². The Balaban J connectivity index is 1.59. The molecule has 1 amide bonds. The zero-order valence-corrected chi connectivity index (χ0v) is 14.3. The first kappa shape index (κ1) is 16.9. The number of rotatable bonds is 6. The minimum atomic E-state index is -0.420. The second-order valence-corrected chi connectivity index (χ2v) is 5.95. The van der Waals surface area contributed by atoms with Crippen molar-refractivity contribution in [1.29, 1.82) is 0 Å². The number of fused-ring (bicyclic) bond motifs is 1. The van der Waals surface area contributed by atoms with Gasteiger partial charge in [-0.05, 0) is 32.3 Å². The molecule has 2 aromatic heterocycles. The molecule has 130 valence electrons. The van der Waals surface area contributed by atoms with Gasteiger partial charge in [0.05, 0.1) is 11.1 Å². The van der Waals surface area contributed by atoms with Gasteiger partial charge in [-0.3, -0.25) is 9.59 Å². The van der Waals surface area contributed by atoms with Crippen LogP contribution in [0.5, 0.6) is 0 Å². The standard InChI is InChI=1S/C18H20N4O3/c1-12-16-13(2)25-21-17(16)18(24)22(20-12)11-15(23)19-10-6-9-14-7-4-3-5-8-14/h3-5,7-8H,6,9-11H2,1-2H3,(H,19,23). The third kappa shape index (κ3) is 3.76. The summed E-state index contributed by atoms with van der Waals surface area (Å²) in [5.41, 5.74) is 1.64. The van der Waals surface area contributed by atoms with E-state index >= 15 is 0 Å². The van der Waals surface area contributed by atoms with Gasteiger partial charge < -0.3 is 9.84 Å². The highest BCUT2D eigenvalue weighted by Crippen LogP contribution is 2.16. The molecule has 0 aliphatic rings. The summed E-state index contributed by atoms with van der Waals surface area (Å²) in [6, 6.07) is 10.1. The first-order chi connectivity index (χ1) is 12.1. The predicted octanol–water partition coefficient (Wildman–Crippen LogP) is 1.75. The highest BCUT2D eigenvalue weighted by atomic mass is 16.5. The number of nitrogens with zero attached hydrogens (tertiary/aromatic N) is 3. The van der Waals surface area contributed by atoms with E-state index in [9.17, 15) is 9.59 Å². The molecule has 0 spiro atoms. The average Bonchev–Trinajstić information content (AvgIpc) is 3.00. The number of hydrogen-bond acceptors (Lipinski definition) is 5. The number of carbonyl (C=O) groups excluding carboxylic acids is 1. The average molecular weight is 340 g/mol. The summed E-state index contributed by atoms with van der Waals surface area (Å²) in [6.07, 6.45) is 1.72. The van der Waals surface area contributed by atoms with E-state index in [-0.39, 0.29) is 18.0 Å². The number of carbonyl (C=O) groups is 1. The maximum absolute atomic E-state index is 12.3. The van der Waals surface area contributed by atoms with Crippen LogP contribution in [0.3, 0.4) is 0 Å². The van der Waals surface area contributed by atoms with E-state index in [2.05, 4.69) is 27.7 Å².